The molecule has 40 heavy (non-hydrogen) atoms. The summed E-state index contributed by atoms with van der Waals surface area (Å²) in [6, 6.07) is 1.05. The van der Waals surface area contributed by atoms with Gasteiger partial charge in [-0.25, -0.2) is 0 Å². The van der Waals surface area contributed by atoms with Crippen molar-refractivity contribution >= 4 is 11.8 Å². The highest BCUT2D eigenvalue weighted by atomic mass is 19.4. The van der Waals surface area contributed by atoms with E-state index in [4.69, 9.17) is 4.52 Å². The van der Waals surface area contributed by atoms with E-state index >= 15 is 0 Å². The number of hydrogen-bond donors (Lipinski definition) is 2. The first-order valence-corrected chi connectivity index (χ1v) is 12.1. The van der Waals surface area contributed by atoms with Crippen LogP contribution in [0.2, 0.25) is 0 Å². The lowest BCUT2D eigenvalue weighted by Crippen LogP contribution is -2.28. The fourth-order valence-corrected chi connectivity index (χ4v) is 3.91. The molecule has 2 amide bonds. The number of aryl methyl sites for hydroxylation is 1. The molecule has 9 nitrogen and oxygen atoms in total. The van der Waals surface area contributed by atoms with Gasteiger partial charge in [-0.3, -0.25) is 9.59 Å². The van der Waals surface area contributed by atoms with Crippen molar-refractivity contribution in [1.29, 1.82) is 0 Å². The average Bonchev–Trinajstić information content (AvgIpc) is 3.37. The molecule has 0 saturated heterocycles. The summed E-state index contributed by atoms with van der Waals surface area (Å²) in [6.07, 6.45) is -1.93. The molecule has 0 spiro atoms. The van der Waals surface area contributed by atoms with E-state index in [9.17, 15) is 35.9 Å². The van der Waals surface area contributed by atoms with Crippen LogP contribution in [0.5, 0.6) is 0 Å². The molecule has 1 aliphatic heterocycles. The number of halogens is 6. The largest absolute Gasteiger partial charge is 0.416 e. The van der Waals surface area contributed by atoms with Gasteiger partial charge >= 0.3 is 12.4 Å². The number of hydrogen-bond acceptors (Lipinski definition) is 7. The quantitative estimate of drug-likeness (QED) is 0.303. The summed E-state index contributed by atoms with van der Waals surface area (Å²) >= 11 is 0. The Morgan fingerprint density at radius 3 is 2.38 bits per heavy atom. The van der Waals surface area contributed by atoms with Crippen LogP contribution in [0.3, 0.4) is 0 Å². The fourth-order valence-electron chi connectivity index (χ4n) is 3.91. The highest BCUT2D eigenvalue weighted by Crippen LogP contribution is 2.38. The Morgan fingerprint density at radius 2 is 1.68 bits per heavy atom. The first kappa shape index (κ1) is 28.7. The number of allylic oxidation sites excluding steroid dienone is 3. The summed E-state index contributed by atoms with van der Waals surface area (Å²) in [6.45, 7) is 0.818. The van der Waals surface area contributed by atoms with Gasteiger partial charge in [-0.05, 0) is 31.0 Å². The molecule has 0 saturated carbocycles. The first-order chi connectivity index (χ1) is 18.9. The van der Waals surface area contributed by atoms with Crippen molar-refractivity contribution in [3.63, 3.8) is 0 Å². The zero-order valence-corrected chi connectivity index (χ0v) is 20.6. The van der Waals surface area contributed by atoms with Crippen LogP contribution in [0, 0.1) is 5.92 Å². The Bertz CT molecular complexity index is 1360. The summed E-state index contributed by atoms with van der Waals surface area (Å²) < 4.78 is 83.5. The second-order valence-electron chi connectivity index (χ2n) is 8.85. The third kappa shape index (κ3) is 7.21. The third-order valence-corrected chi connectivity index (χ3v) is 5.89. The van der Waals surface area contributed by atoms with Crippen LogP contribution in [0.25, 0.3) is 11.4 Å². The SMILES string of the molecule is O=C(CCCc1nc(-c2cc(C(F)(F)F)cc(C(F)(F)F)c2)no1)NCCCNC1=C2C=CC=CC2C(=O)N=N1. The summed E-state index contributed by atoms with van der Waals surface area (Å²) in [7, 11) is 0. The van der Waals surface area contributed by atoms with Gasteiger partial charge in [0.1, 0.15) is 0 Å². The molecule has 1 aromatic heterocycles. The number of nitrogens with zero attached hydrogens (tertiary/aromatic N) is 4. The number of carbonyl (C=O) groups excluding carboxylic acids is 2. The van der Waals surface area contributed by atoms with E-state index in [1.807, 2.05) is 0 Å². The Morgan fingerprint density at radius 1 is 0.950 bits per heavy atom. The summed E-state index contributed by atoms with van der Waals surface area (Å²) in [4.78, 5) is 27.8. The van der Waals surface area contributed by atoms with Crippen LogP contribution in [-0.4, -0.2) is 35.0 Å². The number of alkyl halides is 6. The van der Waals surface area contributed by atoms with Crippen LogP contribution >= 0.6 is 0 Å². The molecule has 2 N–H and O–H groups in total. The summed E-state index contributed by atoms with van der Waals surface area (Å²) in [5, 5.41) is 16.9. The first-order valence-electron chi connectivity index (χ1n) is 12.1. The van der Waals surface area contributed by atoms with E-state index in [0.717, 1.165) is 5.57 Å². The summed E-state index contributed by atoms with van der Waals surface area (Å²) in [5.41, 5.74) is -2.74. The van der Waals surface area contributed by atoms with E-state index in [1.165, 1.54) is 0 Å². The molecule has 1 unspecified atom stereocenters. The second-order valence-corrected chi connectivity index (χ2v) is 8.85. The van der Waals surface area contributed by atoms with Gasteiger partial charge in [0, 0.05) is 37.1 Å². The Labute approximate surface area is 223 Å². The number of aromatic nitrogens is 2. The van der Waals surface area contributed by atoms with E-state index in [2.05, 4.69) is 31.0 Å². The lowest BCUT2D eigenvalue weighted by Gasteiger charge is -2.20. The molecule has 0 fully saturated rings. The molecule has 2 heterocycles. The average molecular weight is 568 g/mol. The number of amides is 2. The van der Waals surface area contributed by atoms with Gasteiger partial charge in [-0.2, -0.15) is 31.3 Å². The van der Waals surface area contributed by atoms with E-state index in [0.29, 0.717) is 37.5 Å². The van der Waals surface area contributed by atoms with Crippen molar-refractivity contribution in [3.8, 4) is 11.4 Å². The topological polar surface area (TPSA) is 122 Å². The molecule has 1 atom stereocenters. The third-order valence-electron chi connectivity index (χ3n) is 5.89. The molecule has 0 radical (unpaired) electrons. The molecular weight excluding hydrogens is 546 g/mol. The van der Waals surface area contributed by atoms with Crippen molar-refractivity contribution in [3.05, 3.63) is 70.9 Å². The highest BCUT2D eigenvalue weighted by molar-refractivity contribution is 5.86. The number of azo groups is 1. The predicted octanol–water partition coefficient (Wildman–Crippen LogP) is 5.14. The van der Waals surface area contributed by atoms with Gasteiger partial charge in [-0.15, -0.1) is 10.2 Å². The van der Waals surface area contributed by atoms with Crippen molar-refractivity contribution in [2.24, 2.45) is 16.1 Å². The summed E-state index contributed by atoms with van der Waals surface area (Å²) in [5.74, 6) is -1.02. The highest BCUT2D eigenvalue weighted by Gasteiger charge is 2.37. The van der Waals surface area contributed by atoms with Crippen LogP contribution in [0.15, 0.2) is 68.6 Å². The van der Waals surface area contributed by atoms with Crippen molar-refractivity contribution in [2.75, 3.05) is 13.1 Å². The monoisotopic (exact) mass is 568 g/mol. The number of carbonyl (C=O) groups is 2. The second kappa shape index (κ2) is 11.8. The zero-order chi connectivity index (χ0) is 28.9. The molecule has 4 rings (SSSR count). The Hall–Kier alpha value is -4.30. The number of rotatable bonds is 10. The molecule has 1 aromatic carbocycles. The Kier molecular flexibility index (Phi) is 8.49. The minimum Gasteiger partial charge on any atom is -0.368 e. The van der Waals surface area contributed by atoms with Crippen LogP contribution in [0.1, 0.15) is 36.3 Å². The number of benzene rings is 1. The van der Waals surface area contributed by atoms with Gasteiger partial charge in [0.2, 0.25) is 17.6 Å². The number of fused-ring (bicyclic) bond motifs is 1. The maximum Gasteiger partial charge on any atom is 0.416 e. The smallest absolute Gasteiger partial charge is 0.368 e. The van der Waals surface area contributed by atoms with E-state index < -0.39 is 40.8 Å². The minimum atomic E-state index is -5.00. The van der Waals surface area contributed by atoms with Gasteiger partial charge in [0.15, 0.2) is 5.82 Å². The molecular formula is C25H22F6N6O3. The maximum absolute atomic E-state index is 13.1. The van der Waals surface area contributed by atoms with Gasteiger partial charge in [-0.1, -0.05) is 29.5 Å². The molecule has 15 heteroatoms. The van der Waals surface area contributed by atoms with Gasteiger partial charge in [0.05, 0.1) is 17.0 Å². The number of nitrogens with one attached hydrogen (secondary N) is 2. The molecule has 2 aromatic rings. The normalized spacial score (nSPS) is 16.9. The van der Waals surface area contributed by atoms with Crippen LogP contribution in [0.4, 0.5) is 26.3 Å². The predicted molar refractivity (Wildman–Crippen MR) is 127 cm³/mol. The molecule has 212 valence electrons. The molecule has 1 aliphatic carbocycles. The van der Waals surface area contributed by atoms with Gasteiger partial charge in [0.25, 0.3) is 5.91 Å². The lowest BCUT2D eigenvalue weighted by atomic mass is 9.93. The van der Waals surface area contributed by atoms with E-state index in [1.54, 1.807) is 24.3 Å². The van der Waals surface area contributed by atoms with E-state index in [-0.39, 0.29) is 43.0 Å². The molecule has 2 aliphatic rings. The van der Waals surface area contributed by atoms with Crippen LogP contribution < -0.4 is 10.6 Å². The standard InChI is InChI=1S/C25H22F6N6O3/c26-24(27,28)15-11-14(12-16(13-15)25(29,30)31)21-34-20(40-37-21)8-3-7-19(38)32-9-4-10-33-22-17-5-1-2-6-18(17)23(39)36-35-22/h1-2,5-6,11-13,18,33H,3-4,7-10H2,(H,32,38). The van der Waals surface area contributed by atoms with Crippen molar-refractivity contribution < 1.29 is 40.5 Å². The van der Waals surface area contributed by atoms with Crippen molar-refractivity contribution in [2.45, 2.75) is 38.0 Å². The fraction of sp³-hybridized carbons (Fsp3) is 0.360. The lowest BCUT2D eigenvalue weighted by molar-refractivity contribution is -0.143. The van der Waals surface area contributed by atoms with Crippen LogP contribution in [-0.2, 0) is 28.4 Å². The molecule has 0 bridgehead atoms. The zero-order valence-electron chi connectivity index (χ0n) is 20.6. The maximum atomic E-state index is 13.1. The Balaban J connectivity index is 1.22. The minimum absolute atomic E-state index is 0.0151. The van der Waals surface area contributed by atoms with Crippen molar-refractivity contribution in [1.82, 2.24) is 20.8 Å². The van der Waals surface area contributed by atoms with Gasteiger partial charge < -0.3 is 15.2 Å².